The van der Waals surface area contributed by atoms with Gasteiger partial charge in [0.2, 0.25) is 59.1 Å². The Balaban J connectivity index is 6.08. The average Bonchev–Trinajstić information content (AvgIpc) is 3.34. The SMILES string of the molecule is CCC(=O)CCC(CCCC(=O)NC)(CCC(=O)NC)NC(=O)[C@H](CCC(=O)NCNC(=O)CC[C@@H](NC(=O)CC)C(=O)NC(CCCC(=O)NC)(CCC(=O)CC)CCC(=O)NC)NC(=O)CC. The number of amides is 10. The lowest BCUT2D eigenvalue weighted by atomic mass is 9.81. The Labute approximate surface area is 407 Å². The molecule has 2 unspecified atom stereocenters. The molecule has 0 aliphatic rings. The van der Waals surface area contributed by atoms with Crippen LogP contribution in [0.5, 0.6) is 0 Å². The summed E-state index contributed by atoms with van der Waals surface area (Å²) in [5.74, 6) is -4.57. The zero-order valence-electron chi connectivity index (χ0n) is 42.3. The van der Waals surface area contributed by atoms with Crippen molar-refractivity contribution >= 4 is 70.6 Å². The van der Waals surface area contributed by atoms with E-state index in [1.165, 1.54) is 28.2 Å². The normalized spacial score (nSPS) is 13.3. The molecule has 0 aromatic rings. The summed E-state index contributed by atoms with van der Waals surface area (Å²) in [7, 11) is 5.94. The lowest BCUT2D eigenvalue weighted by molar-refractivity contribution is -0.132. The summed E-state index contributed by atoms with van der Waals surface area (Å²) in [5.41, 5.74) is -2.22. The highest BCUT2D eigenvalue weighted by molar-refractivity contribution is 5.90. The second-order valence-electron chi connectivity index (χ2n) is 17.1. The van der Waals surface area contributed by atoms with Crippen molar-refractivity contribution in [3.63, 3.8) is 0 Å². The fraction of sp³-hybridized carbons (Fsp3) is 0.745. The minimum absolute atomic E-state index is 0.00327. The van der Waals surface area contributed by atoms with Crippen LogP contribution in [0.1, 0.15) is 169 Å². The summed E-state index contributed by atoms with van der Waals surface area (Å²) in [6, 6.07) is -2.41. The summed E-state index contributed by atoms with van der Waals surface area (Å²) in [5, 5.41) is 26.6. The molecule has 22 nitrogen and oxygen atoms in total. The minimum atomic E-state index is -1.20. The van der Waals surface area contributed by atoms with E-state index in [0.29, 0.717) is 12.8 Å². The summed E-state index contributed by atoms with van der Waals surface area (Å²) in [4.78, 5) is 153. The van der Waals surface area contributed by atoms with E-state index in [4.69, 9.17) is 0 Å². The summed E-state index contributed by atoms with van der Waals surface area (Å²) < 4.78 is 0. The van der Waals surface area contributed by atoms with Gasteiger partial charge in [0.05, 0.1) is 6.67 Å². The van der Waals surface area contributed by atoms with Gasteiger partial charge in [0, 0.05) is 116 Å². The molecular weight excluding hydrogens is 897 g/mol. The van der Waals surface area contributed by atoms with Crippen molar-refractivity contribution in [3.8, 4) is 0 Å². The highest BCUT2D eigenvalue weighted by atomic mass is 16.2. The van der Waals surface area contributed by atoms with Crippen molar-refractivity contribution in [2.24, 2.45) is 0 Å². The maximum Gasteiger partial charge on any atom is 0.243 e. The van der Waals surface area contributed by atoms with Crippen LogP contribution in [0.25, 0.3) is 0 Å². The van der Waals surface area contributed by atoms with E-state index in [9.17, 15) is 57.5 Å². The molecule has 0 aliphatic carbocycles. The fourth-order valence-electron chi connectivity index (χ4n) is 7.41. The lowest BCUT2D eigenvalue weighted by Gasteiger charge is -2.36. The number of hydrogen-bond acceptors (Lipinski definition) is 12. The summed E-state index contributed by atoms with van der Waals surface area (Å²) in [6.07, 6.45) is 1.90. The second kappa shape index (κ2) is 35.2. The Morgan fingerprint density at radius 3 is 0.986 bits per heavy atom. The highest BCUT2D eigenvalue weighted by Gasteiger charge is 2.37. The second-order valence-corrected chi connectivity index (χ2v) is 17.1. The average molecular weight is 979 g/mol. The Bertz CT molecular complexity index is 1580. The monoisotopic (exact) mass is 979 g/mol. The third-order valence-corrected chi connectivity index (χ3v) is 12.1. The van der Waals surface area contributed by atoms with E-state index in [0.717, 1.165) is 0 Å². The lowest BCUT2D eigenvalue weighted by Crippen LogP contribution is -2.56. The van der Waals surface area contributed by atoms with E-state index in [2.05, 4.69) is 53.2 Å². The molecule has 0 saturated carbocycles. The molecule has 22 heteroatoms. The minimum Gasteiger partial charge on any atom is -0.359 e. The van der Waals surface area contributed by atoms with E-state index >= 15 is 0 Å². The third kappa shape index (κ3) is 27.6. The van der Waals surface area contributed by atoms with Gasteiger partial charge in [-0.3, -0.25) is 57.5 Å². The zero-order chi connectivity index (χ0) is 52.4. The van der Waals surface area contributed by atoms with Gasteiger partial charge in [0.15, 0.2) is 0 Å². The number of nitrogens with one attached hydrogen (secondary N) is 10. The fourth-order valence-corrected chi connectivity index (χ4v) is 7.41. The van der Waals surface area contributed by atoms with Gasteiger partial charge in [-0.25, -0.2) is 0 Å². The number of carbonyl (C=O) groups is 12. The summed E-state index contributed by atoms with van der Waals surface area (Å²) >= 11 is 0. The van der Waals surface area contributed by atoms with Crippen LogP contribution >= 0.6 is 0 Å². The Morgan fingerprint density at radius 2 is 0.681 bits per heavy atom. The van der Waals surface area contributed by atoms with Gasteiger partial charge in [0.25, 0.3) is 0 Å². The van der Waals surface area contributed by atoms with Gasteiger partial charge in [-0.15, -0.1) is 0 Å². The Morgan fingerprint density at radius 1 is 0.362 bits per heavy atom. The van der Waals surface area contributed by atoms with E-state index in [1.54, 1.807) is 27.7 Å². The van der Waals surface area contributed by atoms with Crippen molar-refractivity contribution in [2.45, 2.75) is 192 Å². The first kappa shape index (κ1) is 63.0. The number of hydrogen-bond donors (Lipinski definition) is 10. The van der Waals surface area contributed by atoms with Crippen LogP contribution in [0.15, 0.2) is 0 Å². The first-order valence-corrected chi connectivity index (χ1v) is 24.3. The maximum atomic E-state index is 14.0. The smallest absolute Gasteiger partial charge is 0.243 e. The highest BCUT2D eigenvalue weighted by Crippen LogP contribution is 2.29. The van der Waals surface area contributed by atoms with Crippen LogP contribution in [0.2, 0.25) is 0 Å². The molecule has 0 bridgehead atoms. The van der Waals surface area contributed by atoms with E-state index in [-0.39, 0.29) is 170 Å². The zero-order valence-corrected chi connectivity index (χ0v) is 42.3. The molecule has 0 aliphatic heterocycles. The molecule has 0 aromatic heterocycles. The molecular formula is C47H82N10O12. The number of rotatable bonds is 38. The molecule has 0 spiro atoms. The topological polar surface area (TPSA) is 325 Å². The van der Waals surface area contributed by atoms with Crippen molar-refractivity contribution in [2.75, 3.05) is 34.9 Å². The Hall–Kier alpha value is -5.96. The van der Waals surface area contributed by atoms with Crippen LogP contribution in [-0.4, -0.2) is 129 Å². The molecule has 0 fully saturated rings. The first-order valence-electron chi connectivity index (χ1n) is 24.3. The molecule has 4 atom stereocenters. The Kier molecular flexibility index (Phi) is 32.2. The maximum absolute atomic E-state index is 14.0. The van der Waals surface area contributed by atoms with E-state index in [1.807, 2.05) is 0 Å². The number of Topliss-reactive ketones (excluding diaryl/α,β-unsaturated/α-hetero) is 2. The molecule has 0 heterocycles. The molecule has 392 valence electrons. The molecule has 0 rings (SSSR count). The first-order chi connectivity index (χ1) is 32.7. The third-order valence-electron chi connectivity index (χ3n) is 12.1. The van der Waals surface area contributed by atoms with Gasteiger partial charge in [-0.1, -0.05) is 27.7 Å². The van der Waals surface area contributed by atoms with Gasteiger partial charge in [-0.05, 0) is 64.2 Å². The molecule has 0 radical (unpaired) electrons. The van der Waals surface area contributed by atoms with Crippen molar-refractivity contribution < 1.29 is 57.5 Å². The molecule has 10 amide bonds. The quantitative estimate of drug-likeness (QED) is 0.0382. The molecule has 10 N–H and O–H groups in total. The van der Waals surface area contributed by atoms with E-state index < -0.39 is 58.6 Å². The van der Waals surface area contributed by atoms with Gasteiger partial charge in [0.1, 0.15) is 23.7 Å². The van der Waals surface area contributed by atoms with Crippen LogP contribution in [0.4, 0.5) is 0 Å². The largest absolute Gasteiger partial charge is 0.359 e. The predicted octanol–water partition coefficient (Wildman–Crippen LogP) is 0.640. The van der Waals surface area contributed by atoms with Gasteiger partial charge < -0.3 is 53.2 Å². The van der Waals surface area contributed by atoms with Crippen LogP contribution in [0.3, 0.4) is 0 Å². The number of ketones is 2. The van der Waals surface area contributed by atoms with Gasteiger partial charge >= 0.3 is 0 Å². The molecule has 69 heavy (non-hydrogen) atoms. The standard InChI is InChI=1S/C47H82N10O12/c1-9-32(58)21-27-46(29-23-40(64)50-7,25-13-15-38(62)48-5)56-44(68)34(54-36(60)11-3)17-19-42(66)52-31-53-43(67)20-18-35(55-37(61)12-4)45(69)57-47(28-22-33(59)10-2,30-24-41(65)51-8)26-14-16-39(63)49-6/h34-35H,9-31H2,1-8H3,(H,48,62)(H,49,63)(H,50,64)(H,51,65)(H,52,66)(H,53,67)(H,54,60)(H,55,61)(H,56,68)(H,57,69)/t34-,35+,46?,47?. The summed E-state index contributed by atoms with van der Waals surface area (Å²) in [6.45, 7) is 6.27. The molecule has 0 saturated heterocycles. The van der Waals surface area contributed by atoms with Crippen LogP contribution in [0, 0.1) is 0 Å². The van der Waals surface area contributed by atoms with Gasteiger partial charge in [-0.2, -0.15) is 0 Å². The van der Waals surface area contributed by atoms with Crippen LogP contribution < -0.4 is 53.2 Å². The van der Waals surface area contributed by atoms with Crippen molar-refractivity contribution in [1.29, 1.82) is 0 Å². The van der Waals surface area contributed by atoms with Crippen molar-refractivity contribution in [1.82, 2.24) is 53.2 Å². The van der Waals surface area contributed by atoms with Crippen molar-refractivity contribution in [3.05, 3.63) is 0 Å². The molecule has 0 aromatic carbocycles. The van der Waals surface area contributed by atoms with Crippen LogP contribution in [-0.2, 0) is 57.5 Å². The predicted molar refractivity (Wildman–Crippen MR) is 257 cm³/mol. The number of carbonyl (C=O) groups excluding carboxylic acids is 12.